The van der Waals surface area contributed by atoms with Gasteiger partial charge in [-0.1, -0.05) is 164 Å². The molecule has 0 bridgehead atoms. The number of aliphatic hydroxyl groups excluding tert-OH is 5. The fraction of sp³-hybridized carbons (Fsp3) is 0.702. The maximum Gasteiger partial charge on any atom is 0.472 e. The van der Waals surface area contributed by atoms with Crippen molar-refractivity contribution in [3.05, 3.63) is 72.9 Å². The third kappa shape index (κ3) is 29.3. The number of hydrogen-bond donors (Lipinski definition) is 6. The highest BCUT2D eigenvalue weighted by Gasteiger charge is 2.51. The van der Waals surface area contributed by atoms with Crippen LogP contribution in [0, 0.1) is 0 Å². The van der Waals surface area contributed by atoms with E-state index in [4.69, 9.17) is 18.5 Å². The Morgan fingerprint density at radius 1 is 0.525 bits per heavy atom. The monoisotopic (exact) mass is 883 g/mol. The Kier molecular flexibility index (Phi) is 33.9. The number of carbonyl (C=O) groups is 2. The number of phosphoric ester groups is 1. The van der Waals surface area contributed by atoms with Gasteiger partial charge in [-0.15, -0.1) is 0 Å². The van der Waals surface area contributed by atoms with Crippen LogP contribution in [0.25, 0.3) is 0 Å². The molecule has 0 aromatic heterocycles. The lowest BCUT2D eigenvalue weighted by molar-refractivity contribution is -0.220. The van der Waals surface area contributed by atoms with Crippen LogP contribution in [0.1, 0.15) is 155 Å². The minimum atomic E-state index is -5.14. The lowest BCUT2D eigenvalue weighted by atomic mass is 9.85. The van der Waals surface area contributed by atoms with Crippen molar-refractivity contribution in [2.75, 3.05) is 13.2 Å². The van der Waals surface area contributed by atoms with E-state index in [2.05, 4.69) is 68.5 Å². The Labute approximate surface area is 365 Å². The second-order valence-electron chi connectivity index (χ2n) is 15.5. The van der Waals surface area contributed by atoms with Gasteiger partial charge in [-0.3, -0.25) is 18.6 Å². The van der Waals surface area contributed by atoms with E-state index in [9.17, 15) is 44.6 Å². The Morgan fingerprint density at radius 3 is 1.39 bits per heavy atom. The summed E-state index contributed by atoms with van der Waals surface area (Å²) < 4.78 is 33.4. The number of ether oxygens (including phenoxy) is 2. The van der Waals surface area contributed by atoms with E-state index in [0.717, 1.165) is 51.4 Å². The molecule has 1 aliphatic carbocycles. The fourth-order valence-corrected chi connectivity index (χ4v) is 7.40. The molecule has 0 amide bonds. The van der Waals surface area contributed by atoms with E-state index in [1.54, 1.807) is 0 Å². The Balaban J connectivity index is 2.53. The van der Waals surface area contributed by atoms with Crippen molar-refractivity contribution in [1.82, 2.24) is 0 Å². The highest BCUT2D eigenvalue weighted by atomic mass is 31.2. The summed E-state index contributed by atoms with van der Waals surface area (Å²) in [6.07, 6.45) is 32.6. The zero-order valence-corrected chi connectivity index (χ0v) is 37.8. The third-order valence-electron chi connectivity index (χ3n) is 10.1. The van der Waals surface area contributed by atoms with E-state index < -0.39 is 75.7 Å². The first-order chi connectivity index (χ1) is 29.4. The van der Waals surface area contributed by atoms with E-state index in [0.29, 0.717) is 19.3 Å². The van der Waals surface area contributed by atoms with Crippen LogP contribution in [0.15, 0.2) is 72.9 Å². The van der Waals surface area contributed by atoms with Gasteiger partial charge in [-0.2, -0.15) is 0 Å². The van der Waals surface area contributed by atoms with Crippen molar-refractivity contribution in [1.29, 1.82) is 0 Å². The van der Waals surface area contributed by atoms with Gasteiger partial charge in [0.1, 0.15) is 43.2 Å². The first kappa shape index (κ1) is 56.3. The summed E-state index contributed by atoms with van der Waals surface area (Å²) in [5.74, 6) is -1.20. The molecule has 350 valence electrons. The maximum absolute atomic E-state index is 12.8. The Hall–Kier alpha value is -2.71. The standard InChI is InChI=1S/C47H79O13P/c1-3-5-7-9-11-13-15-17-18-19-20-21-22-24-26-28-30-32-34-36-41(49)59-39(38-58-61(55,56)60-47-45(53)43(51)42(50)44(52)46(47)54)37-57-40(48)35-33-31-29-27-25-23-16-14-12-10-8-6-4-2/h5,7,11,13,17-18,20-21,24,26,30,32,39,42-47,50-54H,3-4,6,8-10,12,14-16,19,22-23,25,27-29,31,33-38H2,1-2H3,(H,55,56)/b7-5-,13-11-,18-17-,21-20-,26-24-,32-30-/t39?,42?,43-,44+,45-,46-,47?/m0/s1. The van der Waals surface area contributed by atoms with E-state index in [1.165, 1.54) is 57.8 Å². The Morgan fingerprint density at radius 2 is 0.934 bits per heavy atom. The van der Waals surface area contributed by atoms with E-state index in [1.807, 2.05) is 18.2 Å². The minimum absolute atomic E-state index is 0.0303. The molecule has 0 saturated heterocycles. The van der Waals surface area contributed by atoms with Crippen LogP contribution in [0.2, 0.25) is 0 Å². The molecule has 1 aliphatic rings. The molecule has 14 heteroatoms. The first-order valence-electron chi connectivity index (χ1n) is 22.7. The largest absolute Gasteiger partial charge is 0.472 e. The van der Waals surface area contributed by atoms with Crippen LogP contribution < -0.4 is 0 Å². The summed E-state index contributed by atoms with van der Waals surface area (Å²) in [6.45, 7) is 3.11. The van der Waals surface area contributed by atoms with Gasteiger partial charge in [-0.05, 0) is 51.4 Å². The predicted octanol–water partition coefficient (Wildman–Crippen LogP) is 8.72. The van der Waals surface area contributed by atoms with Crippen molar-refractivity contribution in [3.8, 4) is 0 Å². The van der Waals surface area contributed by atoms with Crippen molar-refractivity contribution in [2.45, 2.75) is 198 Å². The minimum Gasteiger partial charge on any atom is -0.462 e. The average Bonchev–Trinajstić information content (AvgIpc) is 3.24. The smallest absolute Gasteiger partial charge is 0.462 e. The molecule has 0 aromatic rings. The summed E-state index contributed by atoms with van der Waals surface area (Å²) in [6, 6.07) is 0. The average molecular weight is 883 g/mol. The van der Waals surface area contributed by atoms with Crippen LogP contribution in [0.5, 0.6) is 0 Å². The van der Waals surface area contributed by atoms with Crippen LogP contribution in [-0.4, -0.2) is 98.3 Å². The summed E-state index contributed by atoms with van der Waals surface area (Å²) in [5.41, 5.74) is 0. The van der Waals surface area contributed by atoms with Crippen LogP contribution in [0.4, 0.5) is 0 Å². The molecule has 1 rings (SSSR count). The normalized spacial score (nSPS) is 22.7. The molecule has 1 fully saturated rings. The molecule has 0 aliphatic heterocycles. The molecule has 8 atom stereocenters. The SMILES string of the molecule is CC/C=C\C/C=C\C/C=C\C/C=C\C/C=C\C/C=C\CCC(=O)OC(COC(=O)CCCCCCCCCCCCCCC)COP(=O)(O)OC1[C@@H](O)[C@H](O)C(O)[C@H](O)[C@@H]1O. The molecule has 0 aromatic carbocycles. The molecule has 0 heterocycles. The Bertz CT molecular complexity index is 1340. The zero-order valence-electron chi connectivity index (χ0n) is 36.9. The van der Waals surface area contributed by atoms with Crippen molar-refractivity contribution < 1.29 is 63.1 Å². The van der Waals surface area contributed by atoms with Crippen LogP contribution >= 0.6 is 7.82 Å². The number of aliphatic hydroxyl groups is 5. The van der Waals surface area contributed by atoms with Gasteiger partial charge in [-0.25, -0.2) is 4.57 Å². The highest BCUT2D eigenvalue weighted by Crippen LogP contribution is 2.47. The molecular weight excluding hydrogens is 803 g/mol. The number of allylic oxidation sites excluding steroid dienone is 12. The lowest BCUT2D eigenvalue weighted by Gasteiger charge is -2.41. The molecule has 1 saturated carbocycles. The second-order valence-corrected chi connectivity index (χ2v) is 16.9. The third-order valence-corrected chi connectivity index (χ3v) is 11.1. The van der Waals surface area contributed by atoms with E-state index in [-0.39, 0.29) is 12.8 Å². The maximum atomic E-state index is 12.8. The molecule has 4 unspecified atom stereocenters. The van der Waals surface area contributed by atoms with Crippen molar-refractivity contribution in [3.63, 3.8) is 0 Å². The second kappa shape index (κ2) is 36.7. The number of phosphoric acid groups is 1. The van der Waals surface area contributed by atoms with Gasteiger partial charge >= 0.3 is 19.8 Å². The lowest BCUT2D eigenvalue weighted by Crippen LogP contribution is -2.64. The van der Waals surface area contributed by atoms with Gasteiger partial charge in [0.05, 0.1) is 6.61 Å². The number of unbranched alkanes of at least 4 members (excludes halogenated alkanes) is 12. The number of rotatable bonds is 36. The molecule has 0 radical (unpaired) electrons. The predicted molar refractivity (Wildman–Crippen MR) is 239 cm³/mol. The zero-order chi connectivity index (χ0) is 45.0. The van der Waals surface area contributed by atoms with Gasteiger partial charge in [0.2, 0.25) is 0 Å². The summed E-state index contributed by atoms with van der Waals surface area (Å²) in [7, 11) is -5.14. The van der Waals surface area contributed by atoms with Crippen molar-refractivity contribution >= 4 is 19.8 Å². The number of hydrogen-bond acceptors (Lipinski definition) is 12. The molecule has 6 N–H and O–H groups in total. The quantitative estimate of drug-likeness (QED) is 0.0151. The summed E-state index contributed by atoms with van der Waals surface area (Å²) in [4.78, 5) is 35.6. The van der Waals surface area contributed by atoms with Crippen LogP contribution in [0.3, 0.4) is 0 Å². The van der Waals surface area contributed by atoms with Gasteiger partial charge in [0.15, 0.2) is 6.10 Å². The molecule has 61 heavy (non-hydrogen) atoms. The number of esters is 2. The summed E-state index contributed by atoms with van der Waals surface area (Å²) >= 11 is 0. The fourth-order valence-electron chi connectivity index (χ4n) is 6.43. The van der Waals surface area contributed by atoms with Crippen molar-refractivity contribution in [2.24, 2.45) is 0 Å². The first-order valence-corrected chi connectivity index (χ1v) is 24.2. The van der Waals surface area contributed by atoms with Crippen LogP contribution in [-0.2, 0) is 32.7 Å². The van der Waals surface area contributed by atoms with Gasteiger partial charge < -0.3 is 39.9 Å². The van der Waals surface area contributed by atoms with Gasteiger partial charge in [0, 0.05) is 12.8 Å². The topological polar surface area (TPSA) is 210 Å². The summed E-state index contributed by atoms with van der Waals surface area (Å²) in [5, 5.41) is 50.1. The number of carbonyl (C=O) groups excluding carboxylic acids is 2. The molecular formula is C47H79O13P. The highest BCUT2D eigenvalue weighted by molar-refractivity contribution is 7.47. The van der Waals surface area contributed by atoms with E-state index >= 15 is 0 Å². The molecule has 0 spiro atoms. The molecule has 13 nitrogen and oxygen atoms in total. The van der Waals surface area contributed by atoms with Gasteiger partial charge in [0.25, 0.3) is 0 Å².